The Kier molecular flexibility index (Phi) is 365. The number of rotatable bonds is 0. The third-order valence-corrected chi connectivity index (χ3v) is 0. The molecule has 4 heavy (non-hydrogen) atoms. The first-order valence-electron chi connectivity index (χ1n) is 0. The van der Waals surface area contributed by atoms with Gasteiger partial charge in [0, 0.05) is 56.4 Å². The first kappa shape index (κ1) is 55.0. The minimum atomic E-state index is 0. The van der Waals surface area contributed by atoms with E-state index in [-0.39, 0.29) is 56.4 Å². The van der Waals surface area contributed by atoms with E-state index >= 15 is 0 Å². The minimum absolute atomic E-state index is 0. The summed E-state index contributed by atoms with van der Waals surface area (Å²) >= 11 is 0. The summed E-state index contributed by atoms with van der Waals surface area (Å²) in [4.78, 5) is 0. The van der Waals surface area contributed by atoms with E-state index in [2.05, 4.69) is 0 Å². The van der Waals surface area contributed by atoms with Crippen LogP contribution in [0.5, 0.6) is 0 Å². The molecule has 0 fully saturated rings. The fraction of sp³-hybridized carbons (Fsp3) is 0. The summed E-state index contributed by atoms with van der Waals surface area (Å²) in [7, 11) is 0. The molecule has 0 aliphatic carbocycles. The molecule has 0 aliphatic rings. The molecule has 0 amide bonds. The van der Waals surface area contributed by atoms with Gasteiger partial charge in [0.05, 0.1) is 0 Å². The van der Waals surface area contributed by atoms with Crippen LogP contribution in [-0.4, -0.2) is 0 Å². The van der Waals surface area contributed by atoms with Gasteiger partial charge in [0.25, 0.3) is 0 Å². The van der Waals surface area contributed by atoms with Gasteiger partial charge >= 0.3 is 0 Å². The van der Waals surface area contributed by atoms with E-state index in [0.717, 1.165) is 0 Å². The molecule has 0 atom stereocenters. The second-order valence-corrected chi connectivity index (χ2v) is 0. The Morgan fingerprint density at radius 1 is 1.00 bits per heavy atom. The van der Waals surface area contributed by atoms with Crippen molar-refractivity contribution in [2.75, 3.05) is 0 Å². The van der Waals surface area contributed by atoms with E-state index in [1.807, 2.05) is 0 Å². The van der Waals surface area contributed by atoms with Crippen LogP contribution in [0.3, 0.4) is 0 Å². The van der Waals surface area contributed by atoms with Crippen LogP contribution in [0.25, 0.3) is 0 Å². The molecule has 7 radical (unpaired) electrons. The zero-order valence-corrected chi connectivity index (χ0v) is 6.35. The molecule has 0 bridgehead atoms. The number of hydrogen-bond acceptors (Lipinski definition) is 0. The monoisotopic (exact) mass is 258 g/mol. The maximum absolute atomic E-state index is 0. The molecule has 3 heteroatoms. The summed E-state index contributed by atoms with van der Waals surface area (Å²) in [5.74, 6) is 0. The summed E-state index contributed by atoms with van der Waals surface area (Å²) < 4.78 is 0. The first-order chi connectivity index (χ1) is 0. The predicted octanol–water partition coefficient (Wildman–Crippen LogP) is -0.404. The van der Waals surface area contributed by atoms with Crippen molar-refractivity contribution >= 4 is 0 Å². The Hall–Kier alpha value is 1.36. The molecule has 0 unspecified atom stereocenters. The van der Waals surface area contributed by atoms with Crippen LogP contribution in [0.4, 0.5) is 0 Å². The van der Waals surface area contributed by atoms with Gasteiger partial charge in [0.1, 0.15) is 0 Å². The van der Waals surface area contributed by atoms with Gasteiger partial charge < -0.3 is 0 Å². The molecule has 0 N–H and O–H groups in total. The zero-order chi connectivity index (χ0) is 0. The maximum atomic E-state index is 0. The van der Waals surface area contributed by atoms with Crippen LogP contribution in [0.15, 0.2) is 0 Å². The van der Waals surface area contributed by atoms with Crippen molar-refractivity contribution in [2.24, 2.45) is 0 Å². The van der Waals surface area contributed by atoms with E-state index in [1.165, 1.54) is 0 Å². The number of hydrogen-bond donors (Lipinski definition) is 0. The van der Waals surface area contributed by atoms with Gasteiger partial charge in [-0.25, -0.2) is 0 Å². The fourth-order valence-corrected chi connectivity index (χ4v) is 0. The fourth-order valence-electron chi connectivity index (χ4n) is 0. The van der Waals surface area contributed by atoms with Crippen molar-refractivity contribution < 1.29 is 42.8 Å². The van der Waals surface area contributed by atoms with Crippen LogP contribution in [0, 0.1) is 7.43 Å². The molecule has 19 valence electrons. The molecule has 0 saturated heterocycles. The van der Waals surface area contributed by atoms with Crippen molar-refractivity contribution in [1.29, 1.82) is 0 Å². The molecule has 0 spiro atoms. The third-order valence-electron chi connectivity index (χ3n) is 0. The van der Waals surface area contributed by atoms with Gasteiger partial charge in [0.2, 0.25) is 0 Å². The zero-order valence-electron chi connectivity index (χ0n) is 1.86. The minimum Gasteiger partial charge on any atom is 0 e. The molecule has 0 aromatic rings. The van der Waals surface area contributed by atoms with Gasteiger partial charge in [-0.15, -0.1) is 0 Å². The largest absolute Gasteiger partial charge is 0 e. The number of nitrogens with zero attached hydrogens (tertiary/aromatic N) is 1. The van der Waals surface area contributed by atoms with E-state index in [9.17, 15) is 0 Å². The van der Waals surface area contributed by atoms with Crippen LogP contribution < -0.4 is 6.15 Å². The van der Waals surface area contributed by atoms with Crippen LogP contribution in [-0.2, 0) is 42.8 Å². The summed E-state index contributed by atoms with van der Waals surface area (Å²) in [5, 5.41) is 0. The average molecular weight is 258 g/mol. The Bertz CT molecular complexity index is 8.00. The van der Waals surface area contributed by atoms with E-state index in [1.54, 1.807) is 0 Å². The average Bonchev–Trinajstić information content (AvgIpc) is 0. The van der Waals surface area contributed by atoms with Gasteiger partial charge in [-0.3, -0.25) is 0 Å². The molecular formula is CNTiW. The van der Waals surface area contributed by atoms with Crippen LogP contribution in [0.1, 0.15) is 0 Å². The molecule has 0 saturated carbocycles. The standard InChI is InChI=1S/C.N.Ti.W. The molecular weight excluding hydrogens is 258 g/mol. The third kappa shape index (κ3) is 10.1. The van der Waals surface area contributed by atoms with Gasteiger partial charge in [-0.2, -0.15) is 0 Å². The van der Waals surface area contributed by atoms with Gasteiger partial charge in [-0.1, -0.05) is 0 Å². The second-order valence-electron chi connectivity index (χ2n) is 0. The summed E-state index contributed by atoms with van der Waals surface area (Å²) in [6.07, 6.45) is 0. The maximum Gasteiger partial charge on any atom is 0 e. The van der Waals surface area contributed by atoms with Gasteiger partial charge in [-0.05, 0) is 0 Å². The molecule has 0 aromatic carbocycles. The summed E-state index contributed by atoms with van der Waals surface area (Å²) in [6, 6.07) is 0. The normalized spacial score (nSPS) is 0. The smallest absolute Gasteiger partial charge is 0 e. The first-order valence-corrected chi connectivity index (χ1v) is 0. The Labute approximate surface area is 56.3 Å². The SMILES string of the molecule is [C].[N].[Ti].[W]. The van der Waals surface area contributed by atoms with E-state index < -0.39 is 0 Å². The summed E-state index contributed by atoms with van der Waals surface area (Å²) in [5.41, 5.74) is 0. The van der Waals surface area contributed by atoms with Crippen LogP contribution in [0.2, 0.25) is 0 Å². The van der Waals surface area contributed by atoms with Crippen molar-refractivity contribution in [3.8, 4) is 0 Å². The summed E-state index contributed by atoms with van der Waals surface area (Å²) in [6.45, 7) is 0. The Morgan fingerprint density at radius 3 is 1.00 bits per heavy atom. The Balaban J connectivity index is 0. The molecule has 0 heterocycles. The molecule has 0 rings (SSSR count). The van der Waals surface area contributed by atoms with Crippen molar-refractivity contribution in [3.05, 3.63) is 7.43 Å². The predicted molar refractivity (Wildman–Crippen MR) is 5.38 cm³/mol. The Morgan fingerprint density at radius 2 is 1.00 bits per heavy atom. The molecule has 1 nitrogen and oxygen atoms in total. The van der Waals surface area contributed by atoms with E-state index in [4.69, 9.17) is 0 Å². The van der Waals surface area contributed by atoms with Crippen molar-refractivity contribution in [3.63, 3.8) is 0 Å². The van der Waals surface area contributed by atoms with Gasteiger partial charge in [0.15, 0.2) is 0 Å². The molecule has 0 aromatic heterocycles. The topological polar surface area (TPSA) is 30.5 Å². The van der Waals surface area contributed by atoms with Crippen LogP contribution >= 0.6 is 0 Å². The molecule has 0 aliphatic heterocycles. The second kappa shape index (κ2) is 26.6. The van der Waals surface area contributed by atoms with Crippen molar-refractivity contribution in [1.82, 2.24) is 6.15 Å². The van der Waals surface area contributed by atoms with Crippen molar-refractivity contribution in [2.45, 2.75) is 0 Å². The van der Waals surface area contributed by atoms with E-state index in [0.29, 0.717) is 0 Å². The quantitative estimate of drug-likeness (QED) is 0.529.